The number of rotatable bonds is 15. The summed E-state index contributed by atoms with van der Waals surface area (Å²) in [7, 11) is -1.00. The lowest BCUT2D eigenvalue weighted by Gasteiger charge is -2.32. The van der Waals surface area contributed by atoms with E-state index in [2.05, 4.69) is 273 Å². The van der Waals surface area contributed by atoms with Gasteiger partial charge in [-0.15, -0.1) is 0 Å². The van der Waals surface area contributed by atoms with E-state index in [0.717, 1.165) is 127 Å². The molecular formula is C88H104B2N8O8. The summed E-state index contributed by atoms with van der Waals surface area (Å²) in [5, 5.41) is 0. The fourth-order valence-corrected chi connectivity index (χ4v) is 15.1. The molecule has 8 heterocycles. The second-order valence-corrected chi connectivity index (χ2v) is 35.2. The van der Waals surface area contributed by atoms with Crippen molar-refractivity contribution in [3.63, 3.8) is 0 Å². The Hall–Kier alpha value is -9.19. The zero-order valence-electron chi connectivity index (χ0n) is 65.5. The van der Waals surface area contributed by atoms with Gasteiger partial charge >= 0.3 is 26.4 Å². The van der Waals surface area contributed by atoms with Gasteiger partial charge in [-0.25, -0.2) is 19.6 Å². The maximum absolute atomic E-state index is 13.3. The second-order valence-electron chi connectivity index (χ2n) is 35.2. The molecule has 18 heteroatoms. The molecule has 4 fully saturated rings. The SMILES string of the molecule is CC(C)(C)OC(=O)N1CCCC1c1ncc(-c2ccc(-c3ccc(-c4ccc(-c5cnc(C6CCCN6C(=O)OC(C)(C)C)[nH]5)cc4)n3-c3ccc(C(C)(C)Cc4cc(-c5ccc(B6OC(C)(C)C(C)(C)O6)cc5)n(-c5ccc(C(C)(C)C)cc5)c4-c4ccc(B5OC(C)(C)C(C)(C)O5)cc4)cc3)cc2)[nH]1. The van der Waals surface area contributed by atoms with Crippen LogP contribution in [0.25, 0.3) is 78.9 Å². The molecule has 4 aliphatic heterocycles. The molecule has 4 aromatic heterocycles. The number of H-pyrrole nitrogens is 2. The number of hydrogen-bond acceptors (Lipinski definition) is 10. The molecular weight excluding hydrogens is 1320 g/mol. The molecule has 550 valence electrons. The zero-order chi connectivity index (χ0) is 75.4. The fraction of sp³-hybridized carbons (Fsp3) is 0.409. The van der Waals surface area contributed by atoms with Crippen molar-refractivity contribution in [2.45, 2.75) is 220 Å². The average molecular weight is 1420 g/mol. The minimum absolute atomic E-state index is 0.0443. The molecule has 2 amide bonds. The van der Waals surface area contributed by atoms with Gasteiger partial charge in [0, 0.05) is 24.5 Å². The van der Waals surface area contributed by atoms with Crippen LogP contribution < -0.4 is 10.9 Å². The molecule has 2 atom stereocenters. The van der Waals surface area contributed by atoms with Gasteiger partial charge in [-0.2, -0.15) is 0 Å². The van der Waals surface area contributed by atoms with Gasteiger partial charge in [-0.05, 0) is 243 Å². The molecule has 16 nitrogen and oxygen atoms in total. The molecule has 4 aliphatic rings. The number of likely N-dealkylation sites (tertiary alicyclic amines) is 2. The first-order valence-corrected chi connectivity index (χ1v) is 37.8. The van der Waals surface area contributed by atoms with E-state index in [9.17, 15) is 9.59 Å². The van der Waals surface area contributed by atoms with E-state index in [4.69, 9.17) is 38.1 Å². The predicted molar refractivity (Wildman–Crippen MR) is 425 cm³/mol. The normalized spacial score (nSPS) is 18.7. The van der Waals surface area contributed by atoms with Crippen molar-refractivity contribution in [3.8, 4) is 78.9 Å². The first kappa shape index (κ1) is 73.7. The van der Waals surface area contributed by atoms with Crippen molar-refractivity contribution in [1.82, 2.24) is 38.9 Å². The highest BCUT2D eigenvalue weighted by Gasteiger charge is 2.53. The summed E-state index contributed by atoms with van der Waals surface area (Å²) in [6.07, 6.45) is 7.15. The van der Waals surface area contributed by atoms with E-state index in [1.807, 2.05) is 53.9 Å². The quantitative estimate of drug-likeness (QED) is 0.0945. The highest BCUT2D eigenvalue weighted by atomic mass is 16.7. The first-order valence-electron chi connectivity index (χ1n) is 37.8. The van der Waals surface area contributed by atoms with Crippen LogP contribution in [0.2, 0.25) is 0 Å². The van der Waals surface area contributed by atoms with Gasteiger partial charge in [0.1, 0.15) is 22.9 Å². The van der Waals surface area contributed by atoms with E-state index in [1.165, 1.54) is 16.7 Å². The summed E-state index contributed by atoms with van der Waals surface area (Å²) >= 11 is 0. The number of nitrogens with one attached hydrogen (secondary N) is 2. The standard InChI is InChI=1S/C88H104B2N8O8/c1-81(2,3)63-36-44-68(45-37-63)98-75(60-32-40-65(41-33-60)89-103-85(12,13)86(14,15)104-89)52-62(76(98)61-34-42-66(43-35-61)90-105-87(16,17)88(18,19)106-90)53-84(10,11)64-38-46-67(47-39-64)97-71(58-28-24-56(25-29-58)69-54-91-77(93-69)73-22-20-50-95(73)79(99)101-82(4,5)6)48-49-72(97)59-30-26-57(27-31-59)70-55-92-78(94-70)74-23-21-51-96(74)80(100)102-83(7,8)9/h24-49,52,54-55,73-74H,20-23,50-51,53H2,1-19H3,(H,91,93)(H,92,94). The zero-order valence-corrected chi connectivity index (χ0v) is 65.5. The lowest BCUT2D eigenvalue weighted by molar-refractivity contribution is 0.00578. The van der Waals surface area contributed by atoms with Crippen LogP contribution in [0.5, 0.6) is 0 Å². The van der Waals surface area contributed by atoms with Crippen LogP contribution in [0.15, 0.2) is 176 Å². The van der Waals surface area contributed by atoms with Gasteiger partial charge in [-0.3, -0.25) is 9.80 Å². The van der Waals surface area contributed by atoms with Crippen LogP contribution in [0, 0.1) is 0 Å². The average Bonchev–Trinajstić information content (AvgIpc) is 1.59. The monoisotopic (exact) mass is 1420 g/mol. The lowest BCUT2D eigenvalue weighted by atomic mass is 9.77. The largest absolute Gasteiger partial charge is 0.494 e. The van der Waals surface area contributed by atoms with Gasteiger partial charge in [-0.1, -0.05) is 156 Å². The summed E-state index contributed by atoms with van der Waals surface area (Å²) in [6.45, 7) is 40.9. The Bertz CT molecular complexity index is 4670. The Morgan fingerprint density at radius 1 is 0.453 bits per heavy atom. The fourth-order valence-electron chi connectivity index (χ4n) is 15.1. The third-order valence-electron chi connectivity index (χ3n) is 22.5. The van der Waals surface area contributed by atoms with Gasteiger partial charge in [0.05, 0.1) is 81.0 Å². The Kier molecular flexibility index (Phi) is 18.9. The molecule has 2 N–H and O–H groups in total. The van der Waals surface area contributed by atoms with E-state index in [-0.39, 0.29) is 35.1 Å². The van der Waals surface area contributed by atoms with Gasteiger partial charge in [0.2, 0.25) is 0 Å². The van der Waals surface area contributed by atoms with E-state index < -0.39 is 47.8 Å². The van der Waals surface area contributed by atoms with Crippen LogP contribution in [0.1, 0.15) is 198 Å². The van der Waals surface area contributed by atoms with Crippen molar-refractivity contribution < 1.29 is 37.7 Å². The summed E-state index contributed by atoms with van der Waals surface area (Å²) in [5.41, 5.74) is 16.2. The Morgan fingerprint density at radius 3 is 1.21 bits per heavy atom. The maximum atomic E-state index is 13.3. The number of ether oxygens (including phenoxy) is 2. The molecule has 2 unspecified atom stereocenters. The van der Waals surface area contributed by atoms with Crippen molar-refractivity contribution >= 4 is 37.3 Å². The molecule has 0 saturated carbocycles. The molecule has 4 saturated heterocycles. The Balaban J connectivity index is 0.826. The number of carbonyl (C=O) groups is 2. The third-order valence-corrected chi connectivity index (χ3v) is 22.5. The van der Waals surface area contributed by atoms with Crippen molar-refractivity contribution in [2.75, 3.05) is 13.1 Å². The maximum Gasteiger partial charge on any atom is 0.494 e. The van der Waals surface area contributed by atoms with Gasteiger partial charge < -0.3 is 47.2 Å². The number of hydrogen-bond donors (Lipinski definition) is 2. The lowest BCUT2D eigenvalue weighted by Crippen LogP contribution is -2.41. The van der Waals surface area contributed by atoms with Crippen LogP contribution in [0.4, 0.5) is 9.59 Å². The number of carbonyl (C=O) groups excluding carboxylic acids is 2. The molecule has 6 aromatic carbocycles. The summed E-state index contributed by atoms with van der Waals surface area (Å²) in [5.74, 6) is 1.50. The summed E-state index contributed by atoms with van der Waals surface area (Å²) in [6, 6.07) is 59.5. The molecule has 0 bridgehead atoms. The van der Waals surface area contributed by atoms with E-state index >= 15 is 0 Å². The third kappa shape index (κ3) is 14.6. The minimum Gasteiger partial charge on any atom is -0.444 e. The van der Waals surface area contributed by atoms with Crippen molar-refractivity contribution in [3.05, 3.63) is 205 Å². The number of imidazole rings is 2. The molecule has 0 aliphatic carbocycles. The van der Waals surface area contributed by atoms with E-state index in [0.29, 0.717) is 19.5 Å². The van der Waals surface area contributed by atoms with Crippen molar-refractivity contribution in [1.29, 1.82) is 0 Å². The Morgan fingerprint density at radius 2 is 0.811 bits per heavy atom. The van der Waals surface area contributed by atoms with Crippen LogP contribution in [-0.2, 0) is 45.3 Å². The molecule has 10 aromatic rings. The second kappa shape index (κ2) is 27.2. The topological polar surface area (TPSA) is 163 Å². The highest BCUT2D eigenvalue weighted by Crippen LogP contribution is 2.45. The highest BCUT2D eigenvalue weighted by molar-refractivity contribution is 6.62. The van der Waals surface area contributed by atoms with Crippen LogP contribution in [0.3, 0.4) is 0 Å². The number of aromatic nitrogens is 6. The Labute approximate surface area is 627 Å². The number of aromatic amines is 2. The van der Waals surface area contributed by atoms with Gasteiger partial charge in [0.25, 0.3) is 0 Å². The number of benzene rings is 6. The molecule has 106 heavy (non-hydrogen) atoms. The summed E-state index contributed by atoms with van der Waals surface area (Å²) < 4.78 is 42.8. The minimum atomic E-state index is -0.600. The number of amides is 2. The molecule has 0 spiro atoms. The predicted octanol–water partition coefficient (Wildman–Crippen LogP) is 19.3. The van der Waals surface area contributed by atoms with Crippen molar-refractivity contribution in [2.24, 2.45) is 0 Å². The van der Waals surface area contributed by atoms with Crippen LogP contribution >= 0.6 is 0 Å². The van der Waals surface area contributed by atoms with Crippen LogP contribution in [-0.4, -0.2) is 112 Å². The van der Waals surface area contributed by atoms with Gasteiger partial charge in [0.15, 0.2) is 0 Å². The first-order chi connectivity index (χ1) is 49.9. The van der Waals surface area contributed by atoms with E-state index in [1.54, 1.807) is 9.80 Å². The number of nitrogens with zero attached hydrogens (tertiary/aromatic N) is 6. The molecule has 14 rings (SSSR count). The smallest absolute Gasteiger partial charge is 0.444 e. The summed E-state index contributed by atoms with van der Waals surface area (Å²) in [4.78, 5) is 47.1. The molecule has 0 radical (unpaired) electrons.